The number of nitrogens with zero attached hydrogens (tertiary/aromatic N) is 1. The van der Waals surface area contributed by atoms with E-state index in [-0.39, 0.29) is 16.6 Å². The van der Waals surface area contributed by atoms with E-state index < -0.39 is 9.84 Å². The molecule has 0 amide bonds. The van der Waals surface area contributed by atoms with Crippen LogP contribution in [0.25, 0.3) is 0 Å². The fourth-order valence-electron chi connectivity index (χ4n) is 1.93. The SMILES string of the molecule is CCC(Nc1cccc(S(C)(=O)=O)c1N)c1nccs1. The maximum atomic E-state index is 11.7. The van der Waals surface area contributed by atoms with Crippen molar-refractivity contribution in [3.8, 4) is 0 Å². The number of hydrogen-bond acceptors (Lipinski definition) is 6. The standard InChI is InChI=1S/C13H17N3O2S2/c1-3-9(13-15-7-8-19-13)16-10-5-4-6-11(12(10)14)20(2,17)18/h4-9,16H,3,14H2,1-2H3. The molecule has 7 heteroatoms. The molecule has 0 aliphatic rings. The minimum absolute atomic E-state index is 0.0205. The molecule has 0 saturated carbocycles. The third kappa shape index (κ3) is 3.10. The minimum atomic E-state index is -3.33. The highest BCUT2D eigenvalue weighted by Crippen LogP contribution is 2.31. The van der Waals surface area contributed by atoms with Crippen LogP contribution in [-0.2, 0) is 9.84 Å². The zero-order chi connectivity index (χ0) is 14.8. The fraction of sp³-hybridized carbons (Fsp3) is 0.308. The quantitative estimate of drug-likeness (QED) is 0.829. The van der Waals surface area contributed by atoms with Crippen molar-refractivity contribution in [2.75, 3.05) is 17.3 Å². The summed E-state index contributed by atoms with van der Waals surface area (Å²) in [6, 6.07) is 5.00. The first kappa shape index (κ1) is 14.8. The normalized spacial score (nSPS) is 13.1. The Labute approximate surface area is 122 Å². The van der Waals surface area contributed by atoms with Crippen LogP contribution in [0, 0.1) is 0 Å². The number of nitrogens with two attached hydrogens (primary N) is 1. The molecule has 2 rings (SSSR count). The molecule has 0 spiro atoms. The molecule has 0 saturated heterocycles. The third-order valence-electron chi connectivity index (χ3n) is 2.95. The van der Waals surface area contributed by atoms with Gasteiger partial charge in [0, 0.05) is 17.8 Å². The van der Waals surface area contributed by atoms with Crippen LogP contribution in [0.3, 0.4) is 0 Å². The Morgan fingerprint density at radius 1 is 1.45 bits per heavy atom. The van der Waals surface area contributed by atoms with Gasteiger partial charge in [0.2, 0.25) is 0 Å². The van der Waals surface area contributed by atoms with Crippen LogP contribution in [0.15, 0.2) is 34.7 Å². The molecule has 0 fully saturated rings. The molecule has 20 heavy (non-hydrogen) atoms. The van der Waals surface area contributed by atoms with Gasteiger partial charge in [-0.05, 0) is 18.6 Å². The van der Waals surface area contributed by atoms with Crippen molar-refractivity contribution in [1.82, 2.24) is 4.98 Å². The average Bonchev–Trinajstić information content (AvgIpc) is 2.90. The predicted molar refractivity (Wildman–Crippen MR) is 82.7 cm³/mol. The Hall–Kier alpha value is -1.60. The second-order valence-corrected chi connectivity index (χ2v) is 7.38. The van der Waals surface area contributed by atoms with Crippen LogP contribution in [0.2, 0.25) is 0 Å². The lowest BCUT2D eigenvalue weighted by Gasteiger charge is -2.18. The van der Waals surface area contributed by atoms with Gasteiger partial charge >= 0.3 is 0 Å². The summed E-state index contributed by atoms with van der Waals surface area (Å²) in [4.78, 5) is 4.43. The summed E-state index contributed by atoms with van der Waals surface area (Å²) < 4.78 is 23.3. The van der Waals surface area contributed by atoms with Crippen molar-refractivity contribution in [2.45, 2.75) is 24.3 Å². The second-order valence-electron chi connectivity index (χ2n) is 4.47. The van der Waals surface area contributed by atoms with Gasteiger partial charge in [0.05, 0.1) is 22.3 Å². The molecular weight excluding hydrogens is 294 g/mol. The van der Waals surface area contributed by atoms with Crippen LogP contribution >= 0.6 is 11.3 Å². The first-order valence-electron chi connectivity index (χ1n) is 6.18. The summed E-state index contributed by atoms with van der Waals surface area (Å²) in [6.45, 7) is 2.04. The lowest BCUT2D eigenvalue weighted by Crippen LogP contribution is -2.12. The number of rotatable bonds is 5. The van der Waals surface area contributed by atoms with Crippen LogP contribution < -0.4 is 11.1 Å². The van der Waals surface area contributed by atoms with Crippen LogP contribution in [0.1, 0.15) is 24.4 Å². The second kappa shape index (κ2) is 5.80. The summed E-state index contributed by atoms with van der Waals surface area (Å²) in [5, 5.41) is 6.14. The number of thiazole rings is 1. The Balaban J connectivity index is 2.35. The molecule has 2 aromatic rings. The van der Waals surface area contributed by atoms with Gasteiger partial charge < -0.3 is 11.1 Å². The van der Waals surface area contributed by atoms with Crippen molar-refractivity contribution >= 4 is 32.5 Å². The molecular formula is C13H17N3O2S2. The van der Waals surface area contributed by atoms with Crippen LogP contribution in [0.5, 0.6) is 0 Å². The number of nitrogens with one attached hydrogen (secondary N) is 1. The number of hydrogen-bond donors (Lipinski definition) is 2. The Morgan fingerprint density at radius 2 is 2.20 bits per heavy atom. The van der Waals surface area contributed by atoms with E-state index in [1.807, 2.05) is 12.3 Å². The molecule has 1 atom stereocenters. The van der Waals surface area contributed by atoms with Gasteiger partial charge in [0.15, 0.2) is 9.84 Å². The molecule has 0 aliphatic heterocycles. The molecule has 1 aromatic carbocycles. The first-order valence-corrected chi connectivity index (χ1v) is 8.95. The summed E-state index contributed by atoms with van der Waals surface area (Å²) in [7, 11) is -3.33. The molecule has 0 bridgehead atoms. The van der Waals surface area contributed by atoms with Crippen molar-refractivity contribution < 1.29 is 8.42 Å². The van der Waals surface area contributed by atoms with E-state index in [4.69, 9.17) is 5.73 Å². The molecule has 5 nitrogen and oxygen atoms in total. The van der Waals surface area contributed by atoms with E-state index in [1.54, 1.807) is 29.7 Å². The smallest absolute Gasteiger partial charge is 0.177 e. The molecule has 1 unspecified atom stereocenters. The number of benzene rings is 1. The topological polar surface area (TPSA) is 85.1 Å². The monoisotopic (exact) mass is 311 g/mol. The van der Waals surface area contributed by atoms with E-state index in [0.717, 1.165) is 17.7 Å². The molecule has 0 radical (unpaired) electrons. The summed E-state index contributed by atoms with van der Waals surface area (Å²) in [5.41, 5.74) is 6.84. The molecule has 1 aromatic heterocycles. The Kier molecular flexibility index (Phi) is 4.29. The van der Waals surface area contributed by atoms with Crippen molar-refractivity contribution in [3.63, 3.8) is 0 Å². The minimum Gasteiger partial charge on any atom is -0.396 e. The van der Waals surface area contributed by atoms with E-state index in [0.29, 0.717) is 5.69 Å². The Morgan fingerprint density at radius 3 is 2.75 bits per heavy atom. The van der Waals surface area contributed by atoms with Gasteiger partial charge in [-0.25, -0.2) is 13.4 Å². The van der Waals surface area contributed by atoms with Gasteiger partial charge in [-0.2, -0.15) is 0 Å². The van der Waals surface area contributed by atoms with Crippen LogP contribution in [-0.4, -0.2) is 19.7 Å². The predicted octanol–water partition coefficient (Wildman–Crippen LogP) is 2.69. The summed E-state index contributed by atoms with van der Waals surface area (Å²) in [5.74, 6) is 0. The van der Waals surface area contributed by atoms with Crippen molar-refractivity contribution in [1.29, 1.82) is 0 Å². The highest BCUT2D eigenvalue weighted by molar-refractivity contribution is 7.90. The number of aromatic nitrogens is 1. The first-order chi connectivity index (χ1) is 9.43. The van der Waals surface area contributed by atoms with Gasteiger partial charge in [0.25, 0.3) is 0 Å². The lowest BCUT2D eigenvalue weighted by atomic mass is 10.2. The highest BCUT2D eigenvalue weighted by Gasteiger charge is 2.17. The summed E-state index contributed by atoms with van der Waals surface area (Å²) >= 11 is 1.56. The van der Waals surface area contributed by atoms with E-state index >= 15 is 0 Å². The fourth-order valence-corrected chi connectivity index (χ4v) is 3.53. The molecule has 108 valence electrons. The number of anilines is 2. The maximum absolute atomic E-state index is 11.7. The number of nitrogen functional groups attached to an aromatic ring is 1. The zero-order valence-corrected chi connectivity index (χ0v) is 13.0. The van der Waals surface area contributed by atoms with Crippen molar-refractivity contribution in [2.24, 2.45) is 0 Å². The summed E-state index contributed by atoms with van der Waals surface area (Å²) in [6.07, 6.45) is 3.73. The maximum Gasteiger partial charge on any atom is 0.177 e. The van der Waals surface area contributed by atoms with Gasteiger partial charge in [-0.1, -0.05) is 13.0 Å². The van der Waals surface area contributed by atoms with E-state index in [1.165, 1.54) is 6.07 Å². The molecule has 3 N–H and O–H groups in total. The van der Waals surface area contributed by atoms with E-state index in [9.17, 15) is 8.42 Å². The number of sulfone groups is 1. The van der Waals surface area contributed by atoms with Crippen molar-refractivity contribution in [3.05, 3.63) is 34.8 Å². The molecule has 1 heterocycles. The van der Waals surface area contributed by atoms with Crippen LogP contribution in [0.4, 0.5) is 11.4 Å². The van der Waals surface area contributed by atoms with Gasteiger partial charge in [0.1, 0.15) is 5.01 Å². The third-order valence-corrected chi connectivity index (χ3v) is 5.00. The largest absolute Gasteiger partial charge is 0.396 e. The zero-order valence-electron chi connectivity index (χ0n) is 11.3. The average molecular weight is 311 g/mol. The lowest BCUT2D eigenvalue weighted by molar-refractivity contribution is 0.602. The van der Waals surface area contributed by atoms with Gasteiger partial charge in [-0.3, -0.25) is 0 Å². The highest BCUT2D eigenvalue weighted by atomic mass is 32.2. The van der Waals surface area contributed by atoms with E-state index in [2.05, 4.69) is 10.3 Å². The Bertz CT molecular complexity index is 682. The molecule has 0 aliphatic carbocycles. The number of para-hydroxylation sites is 1. The van der Waals surface area contributed by atoms with Gasteiger partial charge in [-0.15, -0.1) is 11.3 Å².